The number of benzene rings is 5. The van der Waals surface area contributed by atoms with Gasteiger partial charge in [0.25, 0.3) is 10.0 Å². The largest absolute Gasteiger partial charge is 0.489 e. The van der Waals surface area contributed by atoms with Gasteiger partial charge in [-0.15, -0.1) is 0 Å². The number of aryl methyl sites for hydroxylation is 1. The van der Waals surface area contributed by atoms with E-state index < -0.39 is 40.1 Å². The molecule has 0 bridgehead atoms. The monoisotopic (exact) mass is 993 g/mol. The Morgan fingerprint density at radius 3 is 2.25 bits per heavy atom. The van der Waals surface area contributed by atoms with Crippen LogP contribution in [-0.2, 0) is 55.1 Å². The van der Waals surface area contributed by atoms with Crippen molar-refractivity contribution in [2.45, 2.75) is 69.2 Å². The van der Waals surface area contributed by atoms with Gasteiger partial charge in [-0.25, -0.2) is 18.2 Å². The second-order valence-corrected chi connectivity index (χ2v) is 20.5. The van der Waals surface area contributed by atoms with Crippen molar-refractivity contribution in [3.05, 3.63) is 152 Å². The molecule has 1 aromatic heterocycles. The molecule has 0 spiro atoms. The fraction of sp³-hybridized carbons (Fsp3) is 0.260. The van der Waals surface area contributed by atoms with Crippen LogP contribution in [-0.4, -0.2) is 61.3 Å². The molecule has 0 saturated heterocycles. The van der Waals surface area contributed by atoms with E-state index in [0.717, 1.165) is 37.9 Å². The summed E-state index contributed by atoms with van der Waals surface area (Å²) < 4.78 is 54.4. The smallest absolute Gasteiger partial charge is 0.328 e. The highest BCUT2D eigenvalue weighted by Crippen LogP contribution is 2.43. The lowest BCUT2D eigenvalue weighted by Gasteiger charge is -2.36. The minimum absolute atomic E-state index is 0.0450. The fourth-order valence-corrected chi connectivity index (χ4v) is 11.2. The number of aromatic nitrogens is 1. The Kier molecular flexibility index (Phi) is 14.4. The van der Waals surface area contributed by atoms with Crippen LogP contribution in [0.15, 0.2) is 107 Å². The van der Waals surface area contributed by atoms with Gasteiger partial charge in [0.15, 0.2) is 26.9 Å². The number of anilines is 1. The molecule has 3 unspecified atom stereocenters. The van der Waals surface area contributed by atoms with Crippen LogP contribution in [0.4, 0.5) is 5.13 Å². The van der Waals surface area contributed by atoms with E-state index >= 15 is 0 Å². The minimum atomic E-state index is -4.48. The van der Waals surface area contributed by atoms with Crippen molar-refractivity contribution in [2.75, 3.05) is 19.0 Å². The number of thiazole rings is 1. The maximum Gasteiger partial charge on any atom is 0.328 e. The van der Waals surface area contributed by atoms with Gasteiger partial charge >= 0.3 is 5.97 Å². The molecule has 0 aliphatic carbocycles. The Hall–Kier alpha value is -6.48. The lowest BCUT2D eigenvalue weighted by molar-refractivity contribution is -0.145. The zero-order valence-electron chi connectivity index (χ0n) is 37.2. The molecule has 2 amide bonds. The summed E-state index contributed by atoms with van der Waals surface area (Å²) in [6.07, 6.45) is -0.538. The Morgan fingerprint density at radius 1 is 0.912 bits per heavy atom. The fourth-order valence-electron chi connectivity index (χ4n) is 7.78. The summed E-state index contributed by atoms with van der Waals surface area (Å²) in [4.78, 5) is 44.8. The molecule has 0 radical (unpaired) electrons. The summed E-state index contributed by atoms with van der Waals surface area (Å²) in [5, 5.41) is 15.7. The average Bonchev–Trinajstić information content (AvgIpc) is 3.72. The number of nitriles is 1. The van der Waals surface area contributed by atoms with Gasteiger partial charge in [-0.1, -0.05) is 103 Å². The van der Waals surface area contributed by atoms with E-state index in [1.807, 2.05) is 66.7 Å². The van der Waals surface area contributed by atoms with Gasteiger partial charge in [0, 0.05) is 18.9 Å². The van der Waals surface area contributed by atoms with E-state index in [4.69, 9.17) is 42.1 Å². The Labute approximate surface area is 407 Å². The number of halogens is 2. The zero-order valence-corrected chi connectivity index (χ0v) is 40.4. The van der Waals surface area contributed by atoms with Crippen molar-refractivity contribution >= 4 is 67.5 Å². The third-order valence-corrected chi connectivity index (χ3v) is 15.8. The lowest BCUT2D eigenvalue weighted by atomic mass is 9.93. The predicted octanol–water partition coefficient (Wildman–Crippen LogP) is 9.00. The first-order valence-electron chi connectivity index (χ1n) is 21.5. The average molecular weight is 995 g/mol. The van der Waals surface area contributed by atoms with Crippen molar-refractivity contribution in [3.63, 3.8) is 0 Å². The molecule has 5 aromatic carbocycles. The molecule has 6 aromatic rings. The van der Waals surface area contributed by atoms with Crippen LogP contribution >= 0.6 is 34.5 Å². The van der Waals surface area contributed by atoms with Gasteiger partial charge in [0.2, 0.25) is 11.8 Å². The van der Waals surface area contributed by atoms with E-state index in [9.17, 15) is 28.1 Å². The van der Waals surface area contributed by atoms with Gasteiger partial charge < -0.3 is 29.6 Å². The van der Waals surface area contributed by atoms with Crippen LogP contribution in [0, 0.1) is 24.2 Å². The number of nitrogens with zero attached hydrogens (tertiary/aromatic N) is 3. The zero-order chi connectivity index (χ0) is 48.3. The second kappa shape index (κ2) is 20.4. The third-order valence-electron chi connectivity index (χ3n) is 11.6. The summed E-state index contributed by atoms with van der Waals surface area (Å²) >= 11 is 13.0. The summed E-state index contributed by atoms with van der Waals surface area (Å²) in [6, 6.07) is 30.3. The number of ether oxygens (including phenoxy) is 4. The number of esters is 1. The highest BCUT2D eigenvalue weighted by Gasteiger charge is 2.43. The van der Waals surface area contributed by atoms with Gasteiger partial charge in [-0.3, -0.25) is 9.59 Å². The Morgan fingerprint density at radius 2 is 1.59 bits per heavy atom. The van der Waals surface area contributed by atoms with Crippen molar-refractivity contribution in [3.8, 4) is 34.4 Å². The number of hydrogen-bond donors (Lipinski definition) is 2. The summed E-state index contributed by atoms with van der Waals surface area (Å²) in [7, 11) is -3.27. The Bertz CT molecular complexity index is 3030. The topological polar surface area (TPSA) is 186 Å². The van der Waals surface area contributed by atoms with Crippen LogP contribution in [0.1, 0.15) is 59.0 Å². The molecule has 2 N–H and O–H groups in total. The summed E-state index contributed by atoms with van der Waals surface area (Å²) in [6.45, 7) is 5.16. The molecule has 14 nitrogen and oxygen atoms in total. The first-order chi connectivity index (χ1) is 32.6. The number of carbonyl (C=O) groups is 3. The number of nitrogens with one attached hydrogen (secondary N) is 2. The van der Waals surface area contributed by atoms with Gasteiger partial charge in [0.05, 0.1) is 34.5 Å². The molecular formula is C50H45Cl2N5O9S2. The molecule has 68 heavy (non-hydrogen) atoms. The van der Waals surface area contributed by atoms with E-state index in [1.165, 1.54) is 14.0 Å². The molecular weight excluding hydrogens is 950 g/mol. The van der Waals surface area contributed by atoms with Crippen LogP contribution in [0.25, 0.3) is 11.1 Å². The number of carbonyl (C=O) groups excluding carboxylic acids is 3. The number of hydrogen-bond acceptors (Lipinski definition) is 12. The van der Waals surface area contributed by atoms with Gasteiger partial charge in [0.1, 0.15) is 31.0 Å². The van der Waals surface area contributed by atoms with E-state index in [1.54, 1.807) is 50.2 Å². The number of fused-ring (bicyclic) bond motifs is 2. The Balaban J connectivity index is 1.04. The van der Waals surface area contributed by atoms with Gasteiger partial charge in [-0.2, -0.15) is 9.57 Å². The number of amides is 2. The van der Waals surface area contributed by atoms with Crippen LogP contribution in [0.2, 0.25) is 10.0 Å². The van der Waals surface area contributed by atoms with Crippen LogP contribution in [0.3, 0.4) is 0 Å². The molecule has 350 valence electrons. The summed E-state index contributed by atoms with van der Waals surface area (Å²) in [5.41, 5.74) is 6.08. The van der Waals surface area contributed by atoms with Crippen molar-refractivity contribution in [1.82, 2.24) is 14.6 Å². The second-order valence-electron chi connectivity index (χ2n) is 16.6. The molecule has 0 saturated carbocycles. The molecule has 18 heteroatoms. The molecule has 2 aliphatic heterocycles. The number of sulfonamides is 1. The number of methoxy groups -OCH3 is 1. The molecule has 3 atom stereocenters. The first kappa shape index (κ1) is 48.0. The van der Waals surface area contributed by atoms with Crippen LogP contribution < -0.4 is 24.8 Å². The maximum absolute atomic E-state index is 14.8. The highest BCUT2D eigenvalue weighted by molar-refractivity contribution is 7.91. The standard InChI is InChI=1S/C50H45Cl2N5O9S2/c1-28(2)46(58)56-50-54-29(3)49(67-50)68(61,62)57-25-37-23-44-43(65-27-45(66-44)35-14-16-38(17-15-35)64-26-32-9-18-39(51)40(52)19-32)22-36(37)21-42(57)47(59)55-41(48(60)63-4)20-30-5-10-33(11-6-30)34-12-7-31(24-53)8-13-34/h5-19,22-23,28,41-42,45H,20-21,25-27H2,1-4H3,(H,55,59)(H,54,56,58). The molecule has 8 rings (SSSR count). The van der Waals surface area contributed by atoms with Crippen LogP contribution in [0.5, 0.6) is 17.2 Å². The van der Waals surface area contributed by atoms with Crippen molar-refractivity contribution < 1.29 is 41.7 Å². The molecule has 0 fully saturated rings. The van der Waals surface area contributed by atoms with E-state index in [-0.39, 0.29) is 59.5 Å². The van der Waals surface area contributed by atoms with E-state index in [0.29, 0.717) is 49.5 Å². The number of rotatable bonds is 14. The molecule has 2 aliphatic rings. The predicted molar refractivity (Wildman–Crippen MR) is 257 cm³/mol. The van der Waals surface area contributed by atoms with Crippen molar-refractivity contribution in [1.29, 1.82) is 5.26 Å². The van der Waals surface area contributed by atoms with Gasteiger partial charge in [-0.05, 0) is 101 Å². The molecule has 3 heterocycles. The lowest BCUT2D eigenvalue weighted by Crippen LogP contribution is -2.56. The third kappa shape index (κ3) is 10.6. The first-order valence-corrected chi connectivity index (χ1v) is 24.5. The minimum Gasteiger partial charge on any atom is -0.489 e. The summed E-state index contributed by atoms with van der Waals surface area (Å²) in [5.74, 6) is -0.711. The quantitative estimate of drug-likeness (QED) is 0.0993. The normalized spacial score (nSPS) is 16.0. The van der Waals surface area contributed by atoms with Crippen molar-refractivity contribution in [2.24, 2.45) is 5.92 Å². The van der Waals surface area contributed by atoms with E-state index in [2.05, 4.69) is 21.7 Å². The maximum atomic E-state index is 14.8. The SMILES string of the molecule is COC(=O)C(Cc1ccc(-c2ccc(C#N)cc2)cc1)NC(=O)C1Cc2cc3c(cc2CN1S(=O)(=O)c1sc(NC(=O)C(C)C)nc1C)OC(c1ccc(OCc2ccc(Cl)c(Cl)c2)cc1)CO3. The highest BCUT2D eigenvalue weighted by atomic mass is 35.5.